The summed E-state index contributed by atoms with van der Waals surface area (Å²) in [7, 11) is 0. The number of ether oxygens (including phenoxy) is 2. The highest BCUT2D eigenvalue weighted by molar-refractivity contribution is 6.35. The molecule has 20 heavy (non-hydrogen) atoms. The average molecular weight is 292 g/mol. The number of hydrogen-bond donors (Lipinski definition) is 0. The Labute approximate surface area is 121 Å². The van der Waals surface area contributed by atoms with Crippen molar-refractivity contribution in [3.8, 4) is 0 Å². The summed E-state index contributed by atoms with van der Waals surface area (Å²) >= 11 is 6.18. The number of hydrogen-bond acceptors (Lipinski definition) is 4. The molecule has 1 aliphatic heterocycles. The van der Waals surface area contributed by atoms with Crippen LogP contribution in [0.2, 0.25) is 5.02 Å². The Morgan fingerprint density at radius 3 is 2.85 bits per heavy atom. The summed E-state index contributed by atoms with van der Waals surface area (Å²) in [6.45, 7) is 1.26. The predicted molar refractivity (Wildman–Crippen MR) is 76.0 cm³/mol. The normalized spacial score (nSPS) is 16.2. The van der Waals surface area contributed by atoms with Crippen molar-refractivity contribution in [2.45, 2.75) is 18.9 Å². The Balaban J connectivity index is 1.84. The zero-order valence-electron chi connectivity index (χ0n) is 10.8. The number of fused-ring (bicyclic) bond motifs is 1. The van der Waals surface area contributed by atoms with E-state index < -0.39 is 5.97 Å². The number of carbonyl (C=O) groups excluding carboxylic acids is 1. The van der Waals surface area contributed by atoms with Gasteiger partial charge in [-0.15, -0.1) is 0 Å². The van der Waals surface area contributed by atoms with Crippen LogP contribution in [0.15, 0.2) is 30.3 Å². The van der Waals surface area contributed by atoms with Gasteiger partial charge >= 0.3 is 5.97 Å². The lowest BCUT2D eigenvalue weighted by Gasteiger charge is -2.22. The third kappa shape index (κ3) is 2.76. The van der Waals surface area contributed by atoms with Crippen LogP contribution in [0.4, 0.5) is 0 Å². The van der Waals surface area contributed by atoms with E-state index in [0.29, 0.717) is 23.8 Å². The van der Waals surface area contributed by atoms with Crippen LogP contribution in [0.25, 0.3) is 10.9 Å². The van der Waals surface area contributed by atoms with Crippen LogP contribution in [0.1, 0.15) is 23.3 Å². The molecule has 1 aromatic heterocycles. The van der Waals surface area contributed by atoms with E-state index in [2.05, 4.69) is 4.98 Å². The third-order valence-corrected chi connectivity index (χ3v) is 3.63. The zero-order valence-corrected chi connectivity index (χ0v) is 11.6. The van der Waals surface area contributed by atoms with Gasteiger partial charge in [-0.3, -0.25) is 0 Å². The Hall–Kier alpha value is -1.65. The number of halogens is 1. The molecular weight excluding hydrogens is 278 g/mol. The van der Waals surface area contributed by atoms with E-state index in [9.17, 15) is 4.79 Å². The smallest absolute Gasteiger partial charge is 0.357 e. The minimum atomic E-state index is -0.426. The van der Waals surface area contributed by atoms with Crippen LogP contribution in [-0.2, 0) is 9.47 Å². The number of pyridine rings is 1. The van der Waals surface area contributed by atoms with Gasteiger partial charge in [0.25, 0.3) is 0 Å². The fraction of sp³-hybridized carbons (Fsp3) is 0.333. The van der Waals surface area contributed by atoms with Crippen molar-refractivity contribution in [2.24, 2.45) is 0 Å². The molecule has 1 aliphatic rings. The lowest BCUT2D eigenvalue weighted by molar-refractivity contribution is -0.0163. The molecule has 0 aliphatic carbocycles. The number of nitrogens with zero attached hydrogens (tertiary/aromatic N) is 1. The Kier molecular flexibility index (Phi) is 3.85. The van der Waals surface area contributed by atoms with Gasteiger partial charge in [0, 0.05) is 18.2 Å². The van der Waals surface area contributed by atoms with E-state index in [-0.39, 0.29) is 11.8 Å². The summed E-state index contributed by atoms with van der Waals surface area (Å²) in [4.78, 5) is 16.4. The van der Waals surface area contributed by atoms with Gasteiger partial charge in [0.15, 0.2) is 5.69 Å². The second-order valence-corrected chi connectivity index (χ2v) is 5.13. The van der Waals surface area contributed by atoms with E-state index >= 15 is 0 Å². The first kappa shape index (κ1) is 13.3. The second-order valence-electron chi connectivity index (χ2n) is 4.72. The SMILES string of the molecule is O=C(OC1CCOCC1)c1cc(Cl)c2ccccc2n1. The zero-order chi connectivity index (χ0) is 13.9. The van der Waals surface area contributed by atoms with Crippen LogP contribution >= 0.6 is 11.6 Å². The molecule has 2 heterocycles. The first-order chi connectivity index (χ1) is 9.74. The average Bonchev–Trinajstić information content (AvgIpc) is 2.48. The minimum absolute atomic E-state index is 0.0942. The van der Waals surface area contributed by atoms with Crippen molar-refractivity contribution < 1.29 is 14.3 Å². The van der Waals surface area contributed by atoms with E-state index in [0.717, 1.165) is 18.2 Å². The lowest BCUT2D eigenvalue weighted by atomic mass is 10.1. The van der Waals surface area contributed by atoms with Crippen molar-refractivity contribution in [1.82, 2.24) is 4.98 Å². The highest BCUT2D eigenvalue weighted by atomic mass is 35.5. The standard InChI is InChI=1S/C15H14ClNO3/c16-12-9-14(17-13-4-2-1-3-11(12)13)15(18)20-10-5-7-19-8-6-10/h1-4,9-10H,5-8H2. The maximum absolute atomic E-state index is 12.1. The molecule has 0 amide bonds. The van der Waals surface area contributed by atoms with Crippen LogP contribution in [-0.4, -0.2) is 30.3 Å². The highest BCUT2D eigenvalue weighted by Crippen LogP contribution is 2.23. The number of rotatable bonds is 2. The fourth-order valence-electron chi connectivity index (χ4n) is 2.24. The van der Waals surface area contributed by atoms with Crippen molar-refractivity contribution in [3.63, 3.8) is 0 Å². The molecule has 0 radical (unpaired) electrons. The van der Waals surface area contributed by atoms with Gasteiger partial charge in [0.1, 0.15) is 6.10 Å². The first-order valence-corrected chi connectivity index (χ1v) is 6.96. The molecule has 3 rings (SSSR count). The molecule has 2 aromatic rings. The van der Waals surface area contributed by atoms with E-state index in [1.807, 2.05) is 24.3 Å². The monoisotopic (exact) mass is 291 g/mol. The predicted octanol–water partition coefficient (Wildman–Crippen LogP) is 3.22. The number of para-hydroxylation sites is 1. The Bertz CT molecular complexity index is 638. The van der Waals surface area contributed by atoms with Crippen molar-refractivity contribution in [2.75, 3.05) is 13.2 Å². The van der Waals surface area contributed by atoms with Gasteiger partial charge in [-0.25, -0.2) is 9.78 Å². The summed E-state index contributed by atoms with van der Waals surface area (Å²) in [6.07, 6.45) is 1.36. The van der Waals surface area contributed by atoms with E-state index in [1.54, 1.807) is 6.07 Å². The number of carbonyl (C=O) groups is 1. The van der Waals surface area contributed by atoms with Gasteiger partial charge in [-0.2, -0.15) is 0 Å². The number of esters is 1. The Morgan fingerprint density at radius 1 is 1.30 bits per heavy atom. The van der Waals surface area contributed by atoms with Crippen molar-refractivity contribution in [1.29, 1.82) is 0 Å². The molecule has 0 spiro atoms. The van der Waals surface area contributed by atoms with Crippen molar-refractivity contribution in [3.05, 3.63) is 41.0 Å². The van der Waals surface area contributed by atoms with Crippen LogP contribution in [0.3, 0.4) is 0 Å². The summed E-state index contributed by atoms with van der Waals surface area (Å²) in [5.74, 6) is -0.426. The van der Waals surface area contributed by atoms with Gasteiger partial charge in [-0.1, -0.05) is 29.8 Å². The Morgan fingerprint density at radius 2 is 2.05 bits per heavy atom. The van der Waals surface area contributed by atoms with Gasteiger partial charge in [0.05, 0.1) is 23.8 Å². The molecule has 0 bridgehead atoms. The van der Waals surface area contributed by atoms with Crippen molar-refractivity contribution >= 4 is 28.5 Å². The summed E-state index contributed by atoms with van der Waals surface area (Å²) in [5.41, 5.74) is 0.944. The van der Waals surface area contributed by atoms with Crippen LogP contribution in [0, 0.1) is 0 Å². The molecule has 0 N–H and O–H groups in total. The van der Waals surface area contributed by atoms with Gasteiger partial charge < -0.3 is 9.47 Å². The molecule has 0 atom stereocenters. The van der Waals surface area contributed by atoms with E-state index in [1.165, 1.54) is 0 Å². The molecule has 5 heteroatoms. The van der Waals surface area contributed by atoms with Crippen LogP contribution < -0.4 is 0 Å². The molecule has 1 aromatic carbocycles. The molecule has 1 fully saturated rings. The quantitative estimate of drug-likeness (QED) is 0.797. The first-order valence-electron chi connectivity index (χ1n) is 6.58. The van der Waals surface area contributed by atoms with Crippen LogP contribution in [0.5, 0.6) is 0 Å². The van der Waals surface area contributed by atoms with E-state index in [4.69, 9.17) is 21.1 Å². The fourth-order valence-corrected chi connectivity index (χ4v) is 2.51. The number of aromatic nitrogens is 1. The lowest BCUT2D eigenvalue weighted by Crippen LogP contribution is -2.26. The molecular formula is C15H14ClNO3. The molecule has 104 valence electrons. The summed E-state index contributed by atoms with van der Waals surface area (Å²) < 4.78 is 10.7. The number of benzene rings is 1. The maximum Gasteiger partial charge on any atom is 0.357 e. The third-order valence-electron chi connectivity index (χ3n) is 3.32. The van der Waals surface area contributed by atoms with Gasteiger partial charge in [0.2, 0.25) is 0 Å². The molecule has 4 nitrogen and oxygen atoms in total. The topological polar surface area (TPSA) is 48.4 Å². The largest absolute Gasteiger partial charge is 0.457 e. The maximum atomic E-state index is 12.1. The van der Waals surface area contributed by atoms with Gasteiger partial charge in [-0.05, 0) is 12.1 Å². The summed E-state index contributed by atoms with van der Waals surface area (Å²) in [6, 6.07) is 9.01. The molecule has 0 unspecified atom stereocenters. The minimum Gasteiger partial charge on any atom is -0.457 e. The second kappa shape index (κ2) is 5.77. The molecule has 0 saturated carbocycles. The highest BCUT2D eigenvalue weighted by Gasteiger charge is 2.20. The summed E-state index contributed by atoms with van der Waals surface area (Å²) in [5, 5.41) is 1.34. The molecule has 1 saturated heterocycles.